The fraction of sp³-hybridized carbons (Fsp3) is 0.643. The number of amides is 3. The zero-order valence-corrected chi connectivity index (χ0v) is 24.2. The molecule has 0 spiro atoms. The van der Waals surface area contributed by atoms with Crippen molar-refractivity contribution in [2.45, 2.75) is 86.6 Å². The lowest BCUT2D eigenvalue weighted by Crippen LogP contribution is -2.54. The monoisotopic (exact) mass is 535 g/mol. The topological polar surface area (TPSA) is 132 Å². The van der Waals surface area contributed by atoms with E-state index < -0.39 is 35.2 Å². The molecule has 38 heavy (non-hydrogen) atoms. The van der Waals surface area contributed by atoms with Crippen LogP contribution >= 0.6 is 0 Å². The van der Waals surface area contributed by atoms with Gasteiger partial charge in [0.2, 0.25) is 17.7 Å². The molecule has 0 saturated carbocycles. The van der Waals surface area contributed by atoms with E-state index in [0.717, 1.165) is 5.56 Å². The van der Waals surface area contributed by atoms with Gasteiger partial charge in [-0.2, -0.15) is 0 Å². The number of hydrogen-bond acceptors (Lipinski definition) is 7. The number of carbonyl (C=O) groups excluding carboxylic acids is 4. The smallest absolute Gasteiger partial charge is 0.311 e. The van der Waals surface area contributed by atoms with Gasteiger partial charge in [0.1, 0.15) is 25.3 Å². The first kappa shape index (κ1) is 33.0. The van der Waals surface area contributed by atoms with Crippen LogP contribution in [0.5, 0.6) is 0 Å². The summed E-state index contributed by atoms with van der Waals surface area (Å²) in [7, 11) is 0. The molecule has 0 aliphatic heterocycles. The molecule has 10 nitrogen and oxygen atoms in total. The third kappa shape index (κ3) is 13.0. The number of esters is 1. The van der Waals surface area contributed by atoms with Crippen LogP contribution < -0.4 is 16.0 Å². The number of rotatable bonds is 13. The van der Waals surface area contributed by atoms with E-state index >= 15 is 0 Å². The number of carbonyl (C=O) groups is 4. The van der Waals surface area contributed by atoms with Crippen LogP contribution in [0.15, 0.2) is 24.3 Å². The van der Waals surface area contributed by atoms with Crippen LogP contribution in [-0.2, 0) is 40.0 Å². The van der Waals surface area contributed by atoms with Gasteiger partial charge < -0.3 is 30.2 Å². The summed E-state index contributed by atoms with van der Waals surface area (Å²) in [6.07, 6.45) is 0. The third-order valence-electron chi connectivity index (χ3n) is 5.22. The molecular weight excluding hydrogens is 490 g/mol. The van der Waals surface area contributed by atoms with E-state index in [0.29, 0.717) is 12.3 Å². The lowest BCUT2D eigenvalue weighted by Gasteiger charge is -2.24. The lowest BCUT2D eigenvalue weighted by molar-refractivity contribution is -0.154. The van der Waals surface area contributed by atoms with E-state index in [2.05, 4.69) is 16.0 Å². The SMILES string of the molecule is CC(C)[C@H](NC(=O)COCCOC(C)(C)C)C(=O)N[C@@H](C)C(=O)Nc1ccc(COC(=O)C(C)(C)C)cc1. The molecule has 0 unspecified atom stereocenters. The van der Waals surface area contributed by atoms with Crippen LogP contribution in [0.1, 0.15) is 67.9 Å². The molecule has 0 radical (unpaired) electrons. The van der Waals surface area contributed by atoms with Crippen LogP contribution in [0.3, 0.4) is 0 Å². The first-order valence-corrected chi connectivity index (χ1v) is 12.9. The van der Waals surface area contributed by atoms with Crippen LogP contribution in [0.25, 0.3) is 0 Å². The lowest BCUT2D eigenvalue weighted by atomic mass is 9.97. The van der Waals surface area contributed by atoms with Crippen molar-refractivity contribution < 1.29 is 33.4 Å². The summed E-state index contributed by atoms with van der Waals surface area (Å²) in [5.74, 6) is -1.82. The standard InChI is InChI=1S/C28H45N3O7/c1-18(2)23(31-22(32)17-36-14-15-38-28(7,8)9)25(34)29-19(3)24(33)30-21-12-10-20(11-13-21)16-37-26(35)27(4,5)6/h10-13,18-19,23H,14-17H2,1-9H3,(H,29,34)(H,30,33)(H,31,32)/t19-,23-/m0/s1. The molecule has 3 N–H and O–H groups in total. The molecule has 1 aromatic carbocycles. The maximum absolute atomic E-state index is 12.8. The Hall–Kier alpha value is -2.98. The van der Waals surface area contributed by atoms with E-state index in [1.165, 1.54) is 0 Å². The molecule has 2 atom stereocenters. The third-order valence-corrected chi connectivity index (χ3v) is 5.22. The van der Waals surface area contributed by atoms with Crippen molar-refractivity contribution in [2.75, 3.05) is 25.1 Å². The van der Waals surface area contributed by atoms with Gasteiger partial charge in [-0.25, -0.2) is 0 Å². The molecule has 0 aromatic heterocycles. The maximum Gasteiger partial charge on any atom is 0.311 e. The first-order chi connectivity index (χ1) is 17.5. The quantitative estimate of drug-likeness (QED) is 0.261. The summed E-state index contributed by atoms with van der Waals surface area (Å²) in [6.45, 7) is 16.8. The van der Waals surface area contributed by atoms with Crippen molar-refractivity contribution in [3.05, 3.63) is 29.8 Å². The Morgan fingerprint density at radius 1 is 0.842 bits per heavy atom. The minimum absolute atomic E-state index is 0.134. The molecule has 0 fully saturated rings. The Kier molecular flexibility index (Phi) is 12.9. The highest BCUT2D eigenvalue weighted by Gasteiger charge is 2.27. The van der Waals surface area contributed by atoms with Gasteiger partial charge in [-0.05, 0) is 72.1 Å². The first-order valence-electron chi connectivity index (χ1n) is 12.9. The molecule has 0 heterocycles. The van der Waals surface area contributed by atoms with Crippen LogP contribution in [0.2, 0.25) is 0 Å². The Labute approximate surface area is 226 Å². The Morgan fingerprint density at radius 2 is 1.45 bits per heavy atom. The summed E-state index contributed by atoms with van der Waals surface area (Å²) < 4.78 is 16.2. The van der Waals surface area contributed by atoms with Gasteiger partial charge in [0.05, 0.1) is 24.2 Å². The van der Waals surface area contributed by atoms with E-state index in [1.54, 1.807) is 65.8 Å². The van der Waals surface area contributed by atoms with Crippen molar-refractivity contribution in [2.24, 2.45) is 11.3 Å². The predicted molar refractivity (Wildman–Crippen MR) is 145 cm³/mol. The van der Waals surface area contributed by atoms with Crippen molar-refractivity contribution in [1.82, 2.24) is 10.6 Å². The number of nitrogens with one attached hydrogen (secondary N) is 3. The van der Waals surface area contributed by atoms with Gasteiger partial charge in [0.25, 0.3) is 0 Å². The van der Waals surface area contributed by atoms with Gasteiger partial charge in [-0.1, -0.05) is 26.0 Å². The molecule has 0 saturated heterocycles. The van der Waals surface area contributed by atoms with Gasteiger partial charge in [-0.3, -0.25) is 19.2 Å². The second-order valence-electron chi connectivity index (χ2n) is 11.5. The van der Waals surface area contributed by atoms with Gasteiger partial charge in [-0.15, -0.1) is 0 Å². The Bertz CT molecular complexity index is 931. The maximum atomic E-state index is 12.8. The Morgan fingerprint density at radius 3 is 1.97 bits per heavy atom. The highest BCUT2D eigenvalue weighted by Crippen LogP contribution is 2.17. The largest absolute Gasteiger partial charge is 0.460 e. The zero-order chi connectivity index (χ0) is 29.1. The minimum Gasteiger partial charge on any atom is -0.460 e. The van der Waals surface area contributed by atoms with Crippen molar-refractivity contribution >= 4 is 29.4 Å². The summed E-state index contributed by atoms with van der Waals surface area (Å²) in [4.78, 5) is 49.6. The minimum atomic E-state index is -0.848. The Balaban J connectivity index is 2.54. The van der Waals surface area contributed by atoms with Crippen LogP contribution in [0, 0.1) is 11.3 Å². The number of ether oxygens (including phenoxy) is 3. The number of anilines is 1. The predicted octanol–water partition coefficient (Wildman–Crippen LogP) is 3.19. The van der Waals surface area contributed by atoms with Crippen molar-refractivity contribution in [3.63, 3.8) is 0 Å². The van der Waals surface area contributed by atoms with E-state index in [4.69, 9.17) is 14.2 Å². The second kappa shape index (κ2) is 14.8. The van der Waals surface area contributed by atoms with Crippen LogP contribution in [-0.4, -0.2) is 61.2 Å². The van der Waals surface area contributed by atoms with E-state index in [-0.39, 0.29) is 37.3 Å². The van der Waals surface area contributed by atoms with Gasteiger partial charge in [0, 0.05) is 5.69 Å². The summed E-state index contributed by atoms with van der Waals surface area (Å²) >= 11 is 0. The summed E-state index contributed by atoms with van der Waals surface area (Å²) in [5.41, 5.74) is 0.439. The van der Waals surface area contributed by atoms with Gasteiger partial charge >= 0.3 is 5.97 Å². The fourth-order valence-electron chi connectivity index (χ4n) is 2.99. The molecule has 0 bridgehead atoms. The molecule has 214 valence electrons. The molecular formula is C28H45N3O7. The van der Waals surface area contributed by atoms with Crippen LogP contribution in [0.4, 0.5) is 5.69 Å². The van der Waals surface area contributed by atoms with E-state index in [1.807, 2.05) is 20.8 Å². The highest BCUT2D eigenvalue weighted by atomic mass is 16.5. The summed E-state index contributed by atoms with van der Waals surface area (Å²) in [6, 6.07) is 5.20. The summed E-state index contributed by atoms with van der Waals surface area (Å²) in [5, 5.41) is 8.06. The normalized spacial score (nSPS) is 13.4. The molecule has 1 rings (SSSR count). The molecule has 0 aliphatic carbocycles. The highest BCUT2D eigenvalue weighted by molar-refractivity contribution is 5.98. The molecule has 10 heteroatoms. The van der Waals surface area contributed by atoms with Crippen molar-refractivity contribution in [3.8, 4) is 0 Å². The fourth-order valence-corrected chi connectivity index (χ4v) is 2.99. The molecule has 1 aromatic rings. The zero-order valence-electron chi connectivity index (χ0n) is 24.2. The average molecular weight is 536 g/mol. The van der Waals surface area contributed by atoms with Gasteiger partial charge in [0.15, 0.2) is 0 Å². The molecule has 0 aliphatic rings. The van der Waals surface area contributed by atoms with E-state index in [9.17, 15) is 19.2 Å². The average Bonchev–Trinajstić information content (AvgIpc) is 2.79. The van der Waals surface area contributed by atoms with Crippen molar-refractivity contribution in [1.29, 1.82) is 0 Å². The number of hydrogen-bond donors (Lipinski definition) is 3. The molecule has 3 amide bonds. The number of benzene rings is 1. The second-order valence-corrected chi connectivity index (χ2v) is 11.5.